The third-order valence-corrected chi connectivity index (χ3v) is 9.22. The number of nitrogens with one attached hydrogen (secondary N) is 3. The van der Waals surface area contributed by atoms with Crippen molar-refractivity contribution in [1.82, 2.24) is 15.2 Å². The van der Waals surface area contributed by atoms with Crippen molar-refractivity contribution >= 4 is 50.1 Å². The summed E-state index contributed by atoms with van der Waals surface area (Å²) < 4.78 is 23.8. The lowest BCUT2D eigenvalue weighted by atomic mass is 9.82. The summed E-state index contributed by atoms with van der Waals surface area (Å²) in [5, 5.41) is 28.8. The van der Waals surface area contributed by atoms with Crippen molar-refractivity contribution in [2.45, 2.75) is 77.5 Å². The van der Waals surface area contributed by atoms with E-state index in [-0.39, 0.29) is 10.8 Å². The van der Waals surface area contributed by atoms with Gasteiger partial charge in [0.25, 0.3) is 0 Å². The van der Waals surface area contributed by atoms with E-state index in [0.717, 1.165) is 32.9 Å². The van der Waals surface area contributed by atoms with E-state index in [1.807, 2.05) is 12.1 Å². The van der Waals surface area contributed by atoms with Crippen LogP contribution in [0.2, 0.25) is 0 Å². The largest absolute Gasteiger partial charge is 0.465 e. The van der Waals surface area contributed by atoms with Crippen LogP contribution in [0.3, 0.4) is 0 Å². The van der Waals surface area contributed by atoms with Crippen molar-refractivity contribution in [3.05, 3.63) is 59.8 Å². The highest BCUT2D eigenvalue weighted by molar-refractivity contribution is 7.90. The second kappa shape index (κ2) is 13.1. The number of sulfone groups is 1. The third-order valence-electron chi connectivity index (χ3n) is 7.03. The Labute approximate surface area is 267 Å². The van der Waals surface area contributed by atoms with E-state index in [4.69, 9.17) is 0 Å². The first-order valence-corrected chi connectivity index (χ1v) is 16.8. The van der Waals surface area contributed by atoms with Crippen molar-refractivity contribution in [3.8, 4) is 10.4 Å². The van der Waals surface area contributed by atoms with Gasteiger partial charge < -0.3 is 20.8 Å². The molecule has 0 radical (unpaired) electrons. The molecule has 0 fully saturated rings. The molecule has 0 saturated carbocycles. The second-order valence-electron chi connectivity index (χ2n) is 12.8. The highest BCUT2D eigenvalue weighted by Gasteiger charge is 2.54. The molecule has 0 aliphatic heterocycles. The number of benzene rings is 2. The number of rotatable bonds is 10. The SMILES string of the molecule is CC(=O)Nc1nc(CCc2ccc(NC(NC(=O)O)(N(C(=O)O)C(C)(C)C)C(C)(C)C)cc2)c(-c2ccc(S(C)(=O)=O)cc2)s1. The van der Waals surface area contributed by atoms with Crippen LogP contribution >= 0.6 is 11.3 Å². The van der Waals surface area contributed by atoms with Crippen LogP contribution in [0.4, 0.5) is 20.4 Å². The number of anilines is 2. The zero-order valence-corrected chi connectivity index (χ0v) is 28.3. The summed E-state index contributed by atoms with van der Waals surface area (Å²) in [6, 6.07) is 13.8. The molecule has 12 nitrogen and oxygen atoms in total. The van der Waals surface area contributed by atoms with Gasteiger partial charge in [-0.05, 0) is 69.0 Å². The molecule has 14 heteroatoms. The Hall–Kier alpha value is -4.17. The summed E-state index contributed by atoms with van der Waals surface area (Å²) in [6.45, 7) is 11.7. The first kappa shape index (κ1) is 35.3. The number of hydrogen-bond donors (Lipinski definition) is 5. The van der Waals surface area contributed by atoms with E-state index in [1.54, 1.807) is 77.9 Å². The highest BCUT2D eigenvalue weighted by Crippen LogP contribution is 2.39. The van der Waals surface area contributed by atoms with Gasteiger partial charge in [-0.2, -0.15) is 0 Å². The van der Waals surface area contributed by atoms with Crippen molar-refractivity contribution in [1.29, 1.82) is 0 Å². The Morgan fingerprint density at radius 3 is 1.93 bits per heavy atom. The van der Waals surface area contributed by atoms with E-state index in [0.29, 0.717) is 23.7 Å². The summed E-state index contributed by atoms with van der Waals surface area (Å²) in [6.07, 6.45) is -0.449. The minimum Gasteiger partial charge on any atom is -0.465 e. The number of carboxylic acid groups (broad SMARTS) is 2. The van der Waals surface area contributed by atoms with Gasteiger partial charge in [0, 0.05) is 29.8 Å². The van der Waals surface area contributed by atoms with E-state index in [1.165, 1.54) is 18.3 Å². The molecule has 1 aromatic heterocycles. The molecule has 3 aromatic rings. The van der Waals surface area contributed by atoms with Gasteiger partial charge in [0.15, 0.2) is 15.0 Å². The van der Waals surface area contributed by atoms with Crippen LogP contribution in [0, 0.1) is 5.41 Å². The zero-order valence-electron chi connectivity index (χ0n) is 26.7. The summed E-state index contributed by atoms with van der Waals surface area (Å²) in [5.74, 6) is -1.99. The fourth-order valence-electron chi connectivity index (χ4n) is 4.97. The fourth-order valence-corrected chi connectivity index (χ4v) is 6.67. The quantitative estimate of drug-likeness (QED) is 0.161. The predicted molar refractivity (Wildman–Crippen MR) is 175 cm³/mol. The molecule has 244 valence electrons. The lowest BCUT2D eigenvalue weighted by molar-refractivity contribution is -0.114. The van der Waals surface area contributed by atoms with Gasteiger partial charge in [-0.3, -0.25) is 15.0 Å². The van der Waals surface area contributed by atoms with Crippen molar-refractivity contribution in [3.63, 3.8) is 0 Å². The molecule has 0 spiro atoms. The second-order valence-corrected chi connectivity index (χ2v) is 15.8. The van der Waals surface area contributed by atoms with Gasteiger partial charge in [-0.1, -0.05) is 56.4 Å². The maximum Gasteiger partial charge on any atom is 0.411 e. The normalized spacial score (nSPS) is 13.4. The number of hydrogen-bond acceptors (Lipinski definition) is 8. The number of thiazole rings is 1. The average Bonchev–Trinajstić information content (AvgIpc) is 3.27. The number of nitrogens with zero attached hydrogens (tertiary/aromatic N) is 2. The molecular formula is C31H41N5O7S2. The summed E-state index contributed by atoms with van der Waals surface area (Å²) >= 11 is 1.30. The number of carbonyl (C=O) groups is 3. The van der Waals surface area contributed by atoms with Crippen LogP contribution < -0.4 is 16.0 Å². The Morgan fingerprint density at radius 2 is 1.49 bits per heavy atom. The smallest absolute Gasteiger partial charge is 0.411 e. The minimum absolute atomic E-state index is 0.205. The molecule has 1 atom stereocenters. The Balaban J connectivity index is 1.92. The molecule has 5 N–H and O–H groups in total. The van der Waals surface area contributed by atoms with E-state index in [9.17, 15) is 33.0 Å². The van der Waals surface area contributed by atoms with E-state index >= 15 is 0 Å². The molecule has 0 saturated heterocycles. The van der Waals surface area contributed by atoms with Crippen molar-refractivity contribution < 1.29 is 33.0 Å². The summed E-state index contributed by atoms with van der Waals surface area (Å²) in [5.41, 5.74) is 1.05. The van der Waals surface area contributed by atoms with Crippen LogP contribution in [0.1, 0.15) is 59.7 Å². The van der Waals surface area contributed by atoms with Gasteiger partial charge in [0.05, 0.1) is 15.5 Å². The number of aromatic nitrogens is 1. The van der Waals surface area contributed by atoms with Gasteiger partial charge in [0.2, 0.25) is 11.7 Å². The molecule has 3 rings (SSSR count). The standard InChI is InChI=1S/C31H41N5O7S2/c1-19(37)32-26-33-24(25(44-26)21-12-16-23(17-13-21)45(8,42)43)18-11-20-9-14-22(15-10-20)34-31(29(2,3)4,35-27(38)39)36(28(40)41)30(5,6)7/h9-10,12-17,34-35H,11,18H2,1-8H3,(H,38,39)(H,40,41)(H,32,33,37). The minimum atomic E-state index is -3.35. The average molecular weight is 660 g/mol. The maximum atomic E-state index is 12.5. The van der Waals surface area contributed by atoms with Crippen LogP contribution in [0.25, 0.3) is 10.4 Å². The third kappa shape index (κ3) is 8.51. The molecule has 0 bridgehead atoms. The first-order valence-electron chi connectivity index (χ1n) is 14.1. The fraction of sp³-hybridized carbons (Fsp3) is 0.419. The molecule has 1 unspecified atom stereocenters. The van der Waals surface area contributed by atoms with E-state index < -0.39 is 38.8 Å². The van der Waals surface area contributed by atoms with Gasteiger partial charge >= 0.3 is 12.2 Å². The van der Waals surface area contributed by atoms with Gasteiger partial charge in [-0.15, -0.1) is 0 Å². The lowest BCUT2D eigenvalue weighted by Gasteiger charge is -2.55. The van der Waals surface area contributed by atoms with Crippen LogP contribution in [0.5, 0.6) is 0 Å². The van der Waals surface area contributed by atoms with E-state index in [2.05, 4.69) is 20.9 Å². The van der Waals surface area contributed by atoms with Crippen LogP contribution in [0.15, 0.2) is 53.4 Å². The molecular weight excluding hydrogens is 619 g/mol. The number of carbonyl (C=O) groups excluding carboxylic acids is 1. The summed E-state index contributed by atoms with van der Waals surface area (Å²) in [4.78, 5) is 43.0. The topological polar surface area (TPSA) is 178 Å². The number of aryl methyl sites for hydroxylation is 2. The Morgan fingerprint density at radius 1 is 0.911 bits per heavy atom. The molecule has 0 aliphatic carbocycles. The maximum absolute atomic E-state index is 12.5. The van der Waals surface area contributed by atoms with Crippen LogP contribution in [-0.4, -0.2) is 64.2 Å². The molecule has 0 aliphatic rings. The molecule has 1 heterocycles. The first-order chi connectivity index (χ1) is 20.6. The predicted octanol–water partition coefficient (Wildman–Crippen LogP) is 6.12. The highest BCUT2D eigenvalue weighted by atomic mass is 32.2. The Kier molecular flexibility index (Phi) is 10.2. The van der Waals surface area contributed by atoms with Gasteiger partial charge in [0.1, 0.15) is 0 Å². The zero-order chi connectivity index (χ0) is 34.0. The number of amides is 3. The molecule has 3 amide bonds. The Bertz CT molecular complexity index is 1660. The summed E-state index contributed by atoms with van der Waals surface area (Å²) in [7, 11) is -3.35. The van der Waals surface area contributed by atoms with Crippen molar-refractivity contribution in [2.75, 3.05) is 16.9 Å². The van der Waals surface area contributed by atoms with Crippen molar-refractivity contribution in [2.24, 2.45) is 5.41 Å². The van der Waals surface area contributed by atoms with Crippen LogP contribution in [-0.2, 0) is 27.5 Å². The monoisotopic (exact) mass is 659 g/mol. The molecule has 2 aromatic carbocycles. The lowest BCUT2D eigenvalue weighted by Crippen LogP contribution is -2.76. The van der Waals surface area contributed by atoms with Gasteiger partial charge in [-0.25, -0.2) is 23.0 Å². The molecule has 45 heavy (non-hydrogen) atoms.